The molecule has 0 aliphatic heterocycles. The molecule has 0 saturated carbocycles. The Morgan fingerprint density at radius 3 is 2.81 bits per heavy atom. The number of ether oxygens (including phenoxy) is 1. The van der Waals surface area contributed by atoms with Crippen LogP contribution in [0.15, 0.2) is 26.7 Å². The summed E-state index contributed by atoms with van der Waals surface area (Å²) in [5, 5.41) is 7.89. The zero-order valence-electron chi connectivity index (χ0n) is 12.3. The average molecular weight is 334 g/mol. The lowest BCUT2D eigenvalue weighted by Gasteiger charge is -2.10. The van der Waals surface area contributed by atoms with Crippen LogP contribution in [-0.4, -0.2) is 54.3 Å². The average Bonchev–Trinajstić information content (AvgIpc) is 2.98. The molecule has 0 radical (unpaired) electrons. The molecule has 7 nitrogen and oxygen atoms in total. The first kappa shape index (κ1) is 17.9. The molecule has 0 aromatic carbocycles. The van der Waals surface area contributed by atoms with E-state index in [9.17, 15) is 8.42 Å². The number of nitrogens with one attached hydrogen (secondary N) is 3. The summed E-state index contributed by atoms with van der Waals surface area (Å²) in [5.41, 5.74) is 0. The largest absolute Gasteiger partial charge is 0.383 e. The SMILES string of the molecule is CCNC(=NCCNS(=O)(=O)c1cccs1)NCCOC. The lowest BCUT2D eigenvalue weighted by atomic mass is 10.6. The van der Waals surface area contributed by atoms with Crippen LogP contribution in [0.25, 0.3) is 0 Å². The Bertz CT molecular complexity index is 515. The van der Waals surface area contributed by atoms with Crippen LogP contribution < -0.4 is 15.4 Å². The second-order valence-corrected chi connectivity index (χ2v) is 6.95. The molecule has 0 aliphatic rings. The van der Waals surface area contributed by atoms with E-state index in [1.54, 1.807) is 24.6 Å². The molecule has 0 unspecified atom stereocenters. The van der Waals surface area contributed by atoms with Gasteiger partial charge >= 0.3 is 0 Å². The highest BCUT2D eigenvalue weighted by Crippen LogP contribution is 2.14. The van der Waals surface area contributed by atoms with Crippen molar-refractivity contribution in [3.63, 3.8) is 0 Å². The van der Waals surface area contributed by atoms with E-state index in [0.717, 1.165) is 6.54 Å². The minimum atomic E-state index is -3.41. The summed E-state index contributed by atoms with van der Waals surface area (Å²) in [4.78, 5) is 4.28. The minimum Gasteiger partial charge on any atom is -0.383 e. The Kier molecular flexibility index (Phi) is 8.28. The molecule has 0 aliphatic carbocycles. The van der Waals surface area contributed by atoms with Crippen molar-refractivity contribution in [1.82, 2.24) is 15.4 Å². The first-order chi connectivity index (χ1) is 10.1. The summed E-state index contributed by atoms with van der Waals surface area (Å²) >= 11 is 1.19. The Hall–Kier alpha value is -1.16. The van der Waals surface area contributed by atoms with Crippen molar-refractivity contribution in [3.8, 4) is 0 Å². The first-order valence-corrected chi connectivity index (χ1v) is 9.00. The standard InChI is InChI=1S/C12H22N4O3S2/c1-3-13-12(15-8-9-19-2)14-6-7-16-21(17,18)11-5-4-10-20-11/h4-5,10,16H,3,6-9H2,1-2H3,(H2,13,14,15). The van der Waals surface area contributed by atoms with E-state index in [2.05, 4.69) is 20.3 Å². The van der Waals surface area contributed by atoms with Crippen molar-refractivity contribution in [3.05, 3.63) is 17.5 Å². The summed E-state index contributed by atoms with van der Waals surface area (Å²) in [6.45, 7) is 4.53. The van der Waals surface area contributed by atoms with Crippen molar-refractivity contribution in [2.24, 2.45) is 4.99 Å². The number of hydrogen-bond donors (Lipinski definition) is 3. The molecule has 0 amide bonds. The van der Waals surface area contributed by atoms with Gasteiger partial charge in [0.25, 0.3) is 0 Å². The molecule has 0 atom stereocenters. The van der Waals surface area contributed by atoms with Gasteiger partial charge in [0.05, 0.1) is 13.2 Å². The van der Waals surface area contributed by atoms with Crippen LogP contribution in [0.3, 0.4) is 0 Å². The van der Waals surface area contributed by atoms with Gasteiger partial charge < -0.3 is 15.4 Å². The summed E-state index contributed by atoms with van der Waals surface area (Å²) in [7, 11) is -1.78. The lowest BCUT2D eigenvalue weighted by Crippen LogP contribution is -2.39. The van der Waals surface area contributed by atoms with E-state index < -0.39 is 10.0 Å². The fraction of sp³-hybridized carbons (Fsp3) is 0.583. The van der Waals surface area contributed by atoms with Crippen LogP contribution in [0.1, 0.15) is 6.92 Å². The summed E-state index contributed by atoms with van der Waals surface area (Å²) in [6.07, 6.45) is 0. The van der Waals surface area contributed by atoms with E-state index in [-0.39, 0.29) is 6.54 Å². The number of hydrogen-bond acceptors (Lipinski definition) is 5. The quantitative estimate of drug-likeness (QED) is 0.341. The van der Waals surface area contributed by atoms with Crippen molar-refractivity contribution in [1.29, 1.82) is 0 Å². The number of guanidine groups is 1. The molecule has 0 bridgehead atoms. The number of thiophene rings is 1. The van der Waals surface area contributed by atoms with Crippen molar-refractivity contribution >= 4 is 27.3 Å². The number of methoxy groups -OCH3 is 1. The predicted molar refractivity (Wildman–Crippen MR) is 85.4 cm³/mol. The lowest BCUT2D eigenvalue weighted by molar-refractivity contribution is 0.203. The molecule has 120 valence electrons. The van der Waals surface area contributed by atoms with Gasteiger partial charge in [0, 0.05) is 26.7 Å². The highest BCUT2D eigenvalue weighted by molar-refractivity contribution is 7.91. The third-order valence-electron chi connectivity index (χ3n) is 2.38. The third-order valence-corrected chi connectivity index (χ3v) is 5.24. The molecule has 0 fully saturated rings. The topological polar surface area (TPSA) is 91.8 Å². The minimum absolute atomic E-state index is 0.251. The fourth-order valence-electron chi connectivity index (χ4n) is 1.45. The zero-order chi connectivity index (χ0) is 15.6. The molecule has 1 aromatic rings. The second-order valence-electron chi connectivity index (χ2n) is 4.01. The van der Waals surface area contributed by atoms with Gasteiger partial charge in [-0.3, -0.25) is 4.99 Å². The van der Waals surface area contributed by atoms with E-state index in [1.807, 2.05) is 6.92 Å². The Balaban J connectivity index is 2.40. The summed E-state index contributed by atoms with van der Waals surface area (Å²) in [5.74, 6) is 0.643. The smallest absolute Gasteiger partial charge is 0.250 e. The van der Waals surface area contributed by atoms with Crippen molar-refractivity contribution in [2.75, 3.05) is 39.9 Å². The van der Waals surface area contributed by atoms with Crippen LogP contribution in [0, 0.1) is 0 Å². The van der Waals surface area contributed by atoms with Crippen LogP contribution in [0.4, 0.5) is 0 Å². The molecule has 0 saturated heterocycles. The van der Waals surface area contributed by atoms with Crippen molar-refractivity contribution in [2.45, 2.75) is 11.1 Å². The molecular weight excluding hydrogens is 312 g/mol. The highest BCUT2D eigenvalue weighted by atomic mass is 32.2. The van der Waals surface area contributed by atoms with Crippen LogP contribution in [0.5, 0.6) is 0 Å². The van der Waals surface area contributed by atoms with E-state index >= 15 is 0 Å². The Labute approximate surface area is 129 Å². The number of rotatable bonds is 9. The molecule has 3 N–H and O–H groups in total. The molecule has 21 heavy (non-hydrogen) atoms. The fourth-order valence-corrected chi connectivity index (χ4v) is 3.51. The maximum atomic E-state index is 11.9. The van der Waals surface area contributed by atoms with Gasteiger partial charge in [-0.05, 0) is 18.4 Å². The van der Waals surface area contributed by atoms with E-state index in [4.69, 9.17) is 4.74 Å². The Morgan fingerprint density at radius 1 is 1.38 bits per heavy atom. The summed E-state index contributed by atoms with van der Waals surface area (Å²) in [6, 6.07) is 3.28. The zero-order valence-corrected chi connectivity index (χ0v) is 13.9. The van der Waals surface area contributed by atoms with Gasteiger partial charge in [-0.2, -0.15) is 0 Å². The highest BCUT2D eigenvalue weighted by Gasteiger charge is 2.13. The molecular formula is C12H22N4O3S2. The van der Waals surface area contributed by atoms with Gasteiger partial charge in [-0.15, -0.1) is 11.3 Å². The maximum absolute atomic E-state index is 11.9. The van der Waals surface area contributed by atoms with Gasteiger partial charge in [0.1, 0.15) is 4.21 Å². The molecule has 1 heterocycles. The molecule has 9 heteroatoms. The monoisotopic (exact) mass is 334 g/mol. The molecule has 0 spiro atoms. The van der Waals surface area contributed by atoms with Gasteiger partial charge in [0.15, 0.2) is 5.96 Å². The third kappa shape index (κ3) is 6.89. The summed E-state index contributed by atoms with van der Waals surface area (Å²) < 4.78 is 31.5. The number of sulfonamides is 1. The second kappa shape index (κ2) is 9.72. The normalized spacial score (nSPS) is 12.4. The van der Waals surface area contributed by atoms with Gasteiger partial charge in [0.2, 0.25) is 10.0 Å². The predicted octanol–water partition coefficient (Wildman–Crippen LogP) is 0.228. The van der Waals surface area contributed by atoms with Crippen LogP contribution >= 0.6 is 11.3 Å². The first-order valence-electron chi connectivity index (χ1n) is 6.64. The van der Waals surface area contributed by atoms with Crippen molar-refractivity contribution < 1.29 is 13.2 Å². The number of nitrogens with zero attached hydrogens (tertiary/aromatic N) is 1. The molecule has 1 rings (SSSR count). The Morgan fingerprint density at radius 2 is 2.19 bits per heavy atom. The molecule has 1 aromatic heterocycles. The maximum Gasteiger partial charge on any atom is 0.250 e. The van der Waals surface area contributed by atoms with Crippen LogP contribution in [-0.2, 0) is 14.8 Å². The number of aliphatic imine (C=N–C) groups is 1. The van der Waals surface area contributed by atoms with Crippen LogP contribution in [0.2, 0.25) is 0 Å². The van der Waals surface area contributed by atoms with E-state index in [0.29, 0.717) is 29.9 Å². The van der Waals surface area contributed by atoms with Gasteiger partial charge in [-0.1, -0.05) is 6.07 Å². The van der Waals surface area contributed by atoms with E-state index in [1.165, 1.54) is 11.3 Å². The van der Waals surface area contributed by atoms with Gasteiger partial charge in [-0.25, -0.2) is 13.1 Å².